The van der Waals surface area contributed by atoms with E-state index in [1.54, 1.807) is 18.2 Å². The van der Waals surface area contributed by atoms with Gasteiger partial charge in [-0.2, -0.15) is 0 Å². The lowest BCUT2D eigenvalue weighted by atomic mass is 9.92. The lowest BCUT2D eigenvalue weighted by Crippen LogP contribution is -2.52. The fraction of sp³-hybridized carbons (Fsp3) is 0.167. The number of nitrogens with zero attached hydrogens (tertiary/aromatic N) is 1. The van der Waals surface area contributed by atoms with Crippen molar-refractivity contribution in [3.8, 4) is 11.5 Å². The molecule has 0 unspecified atom stereocenters. The first-order valence-corrected chi connectivity index (χ1v) is 10.7. The average Bonchev–Trinajstić information content (AvgIpc) is 2.78. The minimum Gasteiger partial charge on any atom is -0.507 e. The smallest absolute Gasteiger partial charge is 0.258 e. The molecule has 2 amide bonds. The molecule has 0 saturated heterocycles. The Kier molecular flexibility index (Phi) is 6.26. The second kappa shape index (κ2) is 9.10. The fourth-order valence-corrected chi connectivity index (χ4v) is 4.18. The van der Waals surface area contributed by atoms with E-state index in [1.807, 2.05) is 30.3 Å². The van der Waals surface area contributed by atoms with E-state index in [1.165, 1.54) is 11.0 Å². The maximum atomic E-state index is 13.4. The number of carbonyl (C=O) groups is 2. The molecule has 6 nitrogen and oxygen atoms in total. The lowest BCUT2D eigenvalue weighted by Gasteiger charge is -2.36. The quantitative estimate of drug-likeness (QED) is 0.530. The van der Waals surface area contributed by atoms with Crippen LogP contribution in [0.2, 0.25) is 10.0 Å². The molecule has 3 aromatic carbocycles. The number of hydrogen-bond acceptors (Lipinski definition) is 4. The standard InChI is InChI=1S/C24H20Cl2N2O4/c25-17-7-3-4-14(8-17)12-27-23(31)20-9-15-5-1-2-6-16(15)13-28(20)24(32)18-10-19(26)22(30)11-21(18)29/h1-8,10-11,20,29-30H,9,12-13H2,(H,27,31)/t20-/m1/s1. The monoisotopic (exact) mass is 470 g/mol. The van der Waals surface area contributed by atoms with E-state index < -0.39 is 17.7 Å². The van der Waals surface area contributed by atoms with Crippen LogP contribution in [0.3, 0.4) is 0 Å². The van der Waals surface area contributed by atoms with E-state index in [9.17, 15) is 19.8 Å². The van der Waals surface area contributed by atoms with Gasteiger partial charge in [0.1, 0.15) is 17.5 Å². The van der Waals surface area contributed by atoms with Crippen LogP contribution in [0.15, 0.2) is 60.7 Å². The normalized spacial score (nSPS) is 15.2. The Hall–Kier alpha value is -3.22. The Morgan fingerprint density at radius 1 is 0.969 bits per heavy atom. The van der Waals surface area contributed by atoms with Gasteiger partial charge in [-0.1, -0.05) is 59.6 Å². The summed E-state index contributed by atoms with van der Waals surface area (Å²) in [6.07, 6.45) is 0.329. The van der Waals surface area contributed by atoms with Gasteiger partial charge in [0, 0.05) is 30.6 Å². The van der Waals surface area contributed by atoms with Crippen LogP contribution in [-0.4, -0.2) is 33.0 Å². The zero-order valence-corrected chi connectivity index (χ0v) is 18.4. The maximum absolute atomic E-state index is 13.4. The molecular formula is C24H20Cl2N2O4. The average molecular weight is 471 g/mol. The third-order valence-electron chi connectivity index (χ3n) is 5.46. The number of phenols is 2. The SMILES string of the molecule is O=C(NCc1cccc(Cl)c1)[C@H]1Cc2ccccc2CN1C(=O)c1cc(Cl)c(O)cc1O. The van der Waals surface area contributed by atoms with Crippen molar-refractivity contribution in [1.82, 2.24) is 10.2 Å². The number of rotatable bonds is 4. The van der Waals surface area contributed by atoms with Crippen LogP contribution in [0.4, 0.5) is 0 Å². The summed E-state index contributed by atoms with van der Waals surface area (Å²) in [6, 6.07) is 16.2. The minimum absolute atomic E-state index is 0.0643. The molecule has 4 rings (SSSR count). The van der Waals surface area contributed by atoms with Crippen molar-refractivity contribution in [2.24, 2.45) is 0 Å². The van der Waals surface area contributed by atoms with Gasteiger partial charge in [-0.05, 0) is 34.9 Å². The van der Waals surface area contributed by atoms with E-state index in [4.69, 9.17) is 23.2 Å². The Balaban J connectivity index is 1.63. The van der Waals surface area contributed by atoms with Crippen molar-refractivity contribution in [1.29, 1.82) is 0 Å². The molecule has 0 radical (unpaired) electrons. The molecule has 1 aliphatic heterocycles. The van der Waals surface area contributed by atoms with E-state index in [2.05, 4.69) is 5.32 Å². The summed E-state index contributed by atoms with van der Waals surface area (Å²) in [5.74, 6) is -1.62. The highest BCUT2D eigenvalue weighted by Crippen LogP contribution is 2.33. The number of fused-ring (bicyclic) bond motifs is 1. The molecule has 0 spiro atoms. The predicted molar refractivity (Wildman–Crippen MR) is 122 cm³/mol. The third-order valence-corrected chi connectivity index (χ3v) is 6.00. The second-order valence-corrected chi connectivity index (χ2v) is 8.43. The number of halogens is 2. The van der Waals surface area contributed by atoms with Crippen molar-refractivity contribution in [2.75, 3.05) is 0 Å². The lowest BCUT2D eigenvalue weighted by molar-refractivity contribution is -0.126. The van der Waals surface area contributed by atoms with Gasteiger partial charge in [0.05, 0.1) is 10.6 Å². The molecule has 164 valence electrons. The third kappa shape index (κ3) is 4.52. The molecule has 0 aromatic heterocycles. The highest BCUT2D eigenvalue weighted by Gasteiger charge is 2.36. The number of aromatic hydroxyl groups is 2. The molecule has 3 N–H and O–H groups in total. The Morgan fingerprint density at radius 2 is 1.72 bits per heavy atom. The summed E-state index contributed by atoms with van der Waals surface area (Å²) in [6.45, 7) is 0.456. The molecule has 1 heterocycles. The van der Waals surface area contributed by atoms with Gasteiger partial charge < -0.3 is 20.4 Å². The summed E-state index contributed by atoms with van der Waals surface area (Å²) in [7, 11) is 0. The number of nitrogens with one attached hydrogen (secondary N) is 1. The highest BCUT2D eigenvalue weighted by molar-refractivity contribution is 6.32. The minimum atomic E-state index is -0.788. The van der Waals surface area contributed by atoms with Crippen LogP contribution >= 0.6 is 23.2 Å². The molecule has 0 fully saturated rings. The molecule has 0 saturated carbocycles. The van der Waals surface area contributed by atoms with Crippen LogP contribution in [0, 0.1) is 0 Å². The molecule has 3 aromatic rings. The first-order chi connectivity index (χ1) is 15.3. The van der Waals surface area contributed by atoms with Gasteiger partial charge in [0.2, 0.25) is 5.91 Å². The Bertz CT molecular complexity index is 1200. The van der Waals surface area contributed by atoms with Crippen molar-refractivity contribution in [3.05, 3.63) is 93.0 Å². The Labute approximate surface area is 195 Å². The summed E-state index contributed by atoms with van der Waals surface area (Å²) < 4.78 is 0. The zero-order chi connectivity index (χ0) is 22.8. The van der Waals surface area contributed by atoms with Crippen molar-refractivity contribution >= 4 is 35.0 Å². The van der Waals surface area contributed by atoms with Crippen LogP contribution < -0.4 is 5.32 Å². The number of amides is 2. The van der Waals surface area contributed by atoms with Gasteiger partial charge in [0.25, 0.3) is 5.91 Å². The van der Waals surface area contributed by atoms with Gasteiger partial charge in [-0.25, -0.2) is 0 Å². The molecular weight excluding hydrogens is 451 g/mol. The number of phenolic OH excluding ortho intramolecular Hbond substituents is 2. The first kappa shape index (κ1) is 22.0. The number of benzene rings is 3. The van der Waals surface area contributed by atoms with Crippen molar-refractivity contribution in [3.63, 3.8) is 0 Å². The van der Waals surface area contributed by atoms with Crippen molar-refractivity contribution in [2.45, 2.75) is 25.6 Å². The van der Waals surface area contributed by atoms with Crippen LogP contribution in [0.1, 0.15) is 27.0 Å². The number of carbonyl (C=O) groups excluding carboxylic acids is 2. The largest absolute Gasteiger partial charge is 0.507 e. The maximum Gasteiger partial charge on any atom is 0.258 e. The van der Waals surface area contributed by atoms with Gasteiger partial charge in [-0.3, -0.25) is 9.59 Å². The molecule has 0 bridgehead atoms. The first-order valence-electron chi connectivity index (χ1n) is 9.95. The topological polar surface area (TPSA) is 89.9 Å². The number of hydrogen-bond donors (Lipinski definition) is 3. The second-order valence-electron chi connectivity index (χ2n) is 7.59. The van der Waals surface area contributed by atoms with Gasteiger partial charge in [-0.15, -0.1) is 0 Å². The predicted octanol–water partition coefficient (Wildman–Crippen LogP) is 4.29. The van der Waals surface area contributed by atoms with Crippen LogP contribution in [-0.2, 0) is 24.3 Å². The summed E-state index contributed by atoms with van der Waals surface area (Å²) in [5.41, 5.74) is 2.65. The van der Waals surface area contributed by atoms with Gasteiger partial charge in [0.15, 0.2) is 0 Å². The summed E-state index contributed by atoms with van der Waals surface area (Å²) in [4.78, 5) is 27.9. The van der Waals surface area contributed by atoms with Crippen LogP contribution in [0.5, 0.6) is 11.5 Å². The molecule has 0 aliphatic carbocycles. The molecule has 1 atom stereocenters. The van der Waals surface area contributed by atoms with E-state index >= 15 is 0 Å². The van der Waals surface area contributed by atoms with Crippen LogP contribution in [0.25, 0.3) is 0 Å². The zero-order valence-electron chi connectivity index (χ0n) is 16.9. The van der Waals surface area contributed by atoms with E-state index in [0.717, 1.165) is 22.8 Å². The van der Waals surface area contributed by atoms with E-state index in [0.29, 0.717) is 11.4 Å². The Morgan fingerprint density at radius 3 is 2.47 bits per heavy atom. The van der Waals surface area contributed by atoms with Gasteiger partial charge >= 0.3 is 0 Å². The highest BCUT2D eigenvalue weighted by atomic mass is 35.5. The fourth-order valence-electron chi connectivity index (χ4n) is 3.80. The van der Waals surface area contributed by atoms with E-state index in [-0.39, 0.29) is 35.3 Å². The molecule has 1 aliphatic rings. The molecule has 8 heteroatoms. The van der Waals surface area contributed by atoms with Crippen molar-refractivity contribution < 1.29 is 19.8 Å². The summed E-state index contributed by atoms with van der Waals surface area (Å²) >= 11 is 12.0. The summed E-state index contributed by atoms with van der Waals surface area (Å²) in [5, 5.41) is 23.3. The molecule has 32 heavy (non-hydrogen) atoms.